The minimum atomic E-state index is -0.499. The number of methoxy groups -OCH3 is 1. The van der Waals surface area contributed by atoms with Crippen LogP contribution >= 0.6 is 0 Å². The summed E-state index contributed by atoms with van der Waals surface area (Å²) >= 11 is 0. The Morgan fingerprint density at radius 3 is 2.81 bits per heavy atom. The normalized spacial score (nSPS) is 10.5. The second kappa shape index (κ2) is 5.16. The molecule has 0 unspecified atom stereocenters. The van der Waals surface area contributed by atoms with Crippen LogP contribution in [0.4, 0.5) is 11.6 Å². The number of nitrogens with one attached hydrogen (secondary N) is 2. The van der Waals surface area contributed by atoms with E-state index in [1.165, 1.54) is 13.2 Å². The Kier molecular flexibility index (Phi) is 3.19. The topological polar surface area (TPSA) is 87.2 Å². The number of carbonyl (C=O) groups excluding carboxylic acids is 1. The molecule has 0 bridgehead atoms. The van der Waals surface area contributed by atoms with Crippen molar-refractivity contribution in [3.63, 3.8) is 0 Å². The van der Waals surface area contributed by atoms with E-state index in [0.29, 0.717) is 11.6 Å². The van der Waals surface area contributed by atoms with Crippen LogP contribution < -0.4 is 5.32 Å². The Balaban J connectivity index is 1.89. The van der Waals surface area contributed by atoms with Crippen LogP contribution in [0, 0.1) is 0 Å². The number of esters is 1. The van der Waals surface area contributed by atoms with Crippen molar-refractivity contribution in [2.45, 2.75) is 0 Å². The van der Waals surface area contributed by atoms with E-state index in [4.69, 9.17) is 0 Å². The van der Waals surface area contributed by atoms with E-state index in [1.54, 1.807) is 12.1 Å². The average Bonchev–Trinajstić information content (AvgIpc) is 2.90. The number of benzene rings is 2. The molecule has 0 aliphatic heterocycles. The molecule has 106 valence electrons. The molecule has 0 saturated carbocycles. The molecule has 0 amide bonds. The number of H-pyrrole nitrogens is 1. The Morgan fingerprint density at radius 1 is 1.29 bits per heavy atom. The second-order valence-corrected chi connectivity index (χ2v) is 4.45. The number of fused-ring (bicyclic) bond motifs is 1. The van der Waals surface area contributed by atoms with Gasteiger partial charge in [-0.05, 0) is 30.3 Å². The van der Waals surface area contributed by atoms with Crippen LogP contribution in [0.5, 0.6) is 5.75 Å². The van der Waals surface area contributed by atoms with Gasteiger partial charge in [0, 0.05) is 0 Å². The summed E-state index contributed by atoms with van der Waals surface area (Å²) < 4.78 is 4.60. The van der Waals surface area contributed by atoms with Gasteiger partial charge < -0.3 is 20.1 Å². The van der Waals surface area contributed by atoms with Crippen LogP contribution in [0.3, 0.4) is 0 Å². The van der Waals surface area contributed by atoms with Crippen LogP contribution in [0.25, 0.3) is 11.0 Å². The van der Waals surface area contributed by atoms with Gasteiger partial charge in [0.2, 0.25) is 5.95 Å². The van der Waals surface area contributed by atoms with E-state index in [9.17, 15) is 9.90 Å². The lowest BCUT2D eigenvalue weighted by Crippen LogP contribution is -2.01. The standard InChI is InChI=1S/C15H13N3O3/c1-21-14(20)9-6-7-12(13(19)8-9)18-15-16-10-4-2-3-5-11(10)17-15/h2-8,19H,1H3,(H2,16,17,18). The monoisotopic (exact) mass is 283 g/mol. The van der Waals surface area contributed by atoms with Gasteiger partial charge in [-0.15, -0.1) is 0 Å². The number of aromatic nitrogens is 2. The summed E-state index contributed by atoms with van der Waals surface area (Å²) in [6, 6.07) is 12.1. The molecule has 3 rings (SSSR count). The molecule has 1 aromatic heterocycles. The molecule has 3 N–H and O–H groups in total. The molecule has 1 heterocycles. The first-order valence-electron chi connectivity index (χ1n) is 6.30. The Bertz CT molecular complexity index is 778. The highest BCUT2D eigenvalue weighted by molar-refractivity contribution is 5.91. The summed E-state index contributed by atoms with van der Waals surface area (Å²) in [6.45, 7) is 0. The zero-order valence-electron chi connectivity index (χ0n) is 11.3. The Hall–Kier alpha value is -3.02. The Morgan fingerprint density at radius 2 is 2.10 bits per heavy atom. The lowest BCUT2D eigenvalue weighted by Gasteiger charge is -2.07. The molecule has 0 fully saturated rings. The van der Waals surface area contributed by atoms with Crippen molar-refractivity contribution < 1.29 is 14.6 Å². The number of anilines is 2. The summed E-state index contributed by atoms with van der Waals surface area (Å²) in [5.41, 5.74) is 2.45. The minimum Gasteiger partial charge on any atom is -0.506 e. The number of imidazole rings is 1. The smallest absolute Gasteiger partial charge is 0.337 e. The van der Waals surface area contributed by atoms with Gasteiger partial charge in [-0.3, -0.25) is 0 Å². The maximum Gasteiger partial charge on any atom is 0.337 e. The number of aromatic amines is 1. The van der Waals surface area contributed by atoms with Crippen LogP contribution in [0.2, 0.25) is 0 Å². The quantitative estimate of drug-likeness (QED) is 0.508. The molecular formula is C15H13N3O3. The third kappa shape index (κ3) is 2.51. The molecule has 0 atom stereocenters. The SMILES string of the molecule is COC(=O)c1ccc(Nc2nc3ccccc3[nH]2)c(O)c1. The molecule has 2 aromatic carbocycles. The third-order valence-corrected chi connectivity index (χ3v) is 3.06. The third-order valence-electron chi connectivity index (χ3n) is 3.06. The van der Waals surface area contributed by atoms with Crippen molar-refractivity contribution in [1.82, 2.24) is 9.97 Å². The number of rotatable bonds is 3. The van der Waals surface area contributed by atoms with Crippen molar-refractivity contribution in [3.8, 4) is 5.75 Å². The van der Waals surface area contributed by atoms with E-state index in [0.717, 1.165) is 11.0 Å². The van der Waals surface area contributed by atoms with Crippen molar-refractivity contribution in [3.05, 3.63) is 48.0 Å². The number of aromatic hydroxyl groups is 1. The maximum atomic E-state index is 11.4. The van der Waals surface area contributed by atoms with Gasteiger partial charge in [-0.25, -0.2) is 9.78 Å². The fourth-order valence-electron chi connectivity index (χ4n) is 2.02. The molecule has 6 nitrogen and oxygen atoms in total. The fourth-order valence-corrected chi connectivity index (χ4v) is 2.02. The Labute approximate surface area is 120 Å². The molecule has 21 heavy (non-hydrogen) atoms. The van der Waals surface area contributed by atoms with Crippen molar-refractivity contribution in [2.24, 2.45) is 0 Å². The maximum absolute atomic E-state index is 11.4. The predicted molar refractivity (Wildman–Crippen MR) is 78.8 cm³/mol. The van der Waals surface area contributed by atoms with E-state index in [1.807, 2.05) is 24.3 Å². The van der Waals surface area contributed by atoms with Gasteiger partial charge in [0.05, 0.1) is 29.4 Å². The summed E-state index contributed by atoms with van der Waals surface area (Å²) in [5.74, 6) is -0.0451. The molecule has 0 aliphatic carbocycles. The van der Waals surface area contributed by atoms with Crippen LogP contribution in [-0.2, 0) is 4.74 Å². The van der Waals surface area contributed by atoms with Crippen molar-refractivity contribution in [2.75, 3.05) is 12.4 Å². The number of para-hydroxylation sites is 2. The zero-order valence-corrected chi connectivity index (χ0v) is 11.3. The minimum absolute atomic E-state index is 0.0571. The summed E-state index contributed by atoms with van der Waals surface area (Å²) in [5, 5.41) is 12.9. The lowest BCUT2D eigenvalue weighted by atomic mass is 10.2. The molecule has 6 heteroatoms. The molecule has 0 aliphatic rings. The highest BCUT2D eigenvalue weighted by Gasteiger charge is 2.10. The highest BCUT2D eigenvalue weighted by Crippen LogP contribution is 2.27. The van der Waals surface area contributed by atoms with E-state index in [2.05, 4.69) is 20.0 Å². The lowest BCUT2D eigenvalue weighted by molar-refractivity contribution is 0.0600. The number of hydrogen-bond donors (Lipinski definition) is 3. The van der Waals surface area contributed by atoms with Gasteiger partial charge in [-0.1, -0.05) is 12.1 Å². The van der Waals surface area contributed by atoms with Gasteiger partial charge in [0.25, 0.3) is 0 Å². The molecule has 0 radical (unpaired) electrons. The van der Waals surface area contributed by atoms with Crippen LogP contribution in [-0.4, -0.2) is 28.2 Å². The number of phenols is 1. The molecule has 3 aromatic rings. The van der Waals surface area contributed by atoms with Gasteiger partial charge in [0.1, 0.15) is 5.75 Å². The highest BCUT2D eigenvalue weighted by atomic mass is 16.5. The number of phenolic OH excluding ortho intramolecular Hbond substituents is 1. The summed E-state index contributed by atoms with van der Waals surface area (Å²) in [7, 11) is 1.29. The van der Waals surface area contributed by atoms with Gasteiger partial charge in [-0.2, -0.15) is 0 Å². The zero-order chi connectivity index (χ0) is 14.8. The first-order valence-corrected chi connectivity index (χ1v) is 6.30. The average molecular weight is 283 g/mol. The predicted octanol–water partition coefficient (Wildman–Crippen LogP) is 2.80. The van der Waals surface area contributed by atoms with E-state index in [-0.39, 0.29) is 11.3 Å². The van der Waals surface area contributed by atoms with Crippen LogP contribution in [0.15, 0.2) is 42.5 Å². The van der Waals surface area contributed by atoms with Gasteiger partial charge in [0.15, 0.2) is 0 Å². The number of nitrogens with zero attached hydrogens (tertiary/aromatic N) is 1. The van der Waals surface area contributed by atoms with E-state index >= 15 is 0 Å². The summed E-state index contributed by atoms with van der Waals surface area (Å²) in [6.07, 6.45) is 0. The van der Waals surface area contributed by atoms with Crippen LogP contribution in [0.1, 0.15) is 10.4 Å². The van der Waals surface area contributed by atoms with Crippen molar-refractivity contribution >= 4 is 28.6 Å². The summed E-state index contributed by atoms with van der Waals surface area (Å²) in [4.78, 5) is 18.8. The van der Waals surface area contributed by atoms with E-state index < -0.39 is 5.97 Å². The fraction of sp³-hybridized carbons (Fsp3) is 0.0667. The van der Waals surface area contributed by atoms with Crippen molar-refractivity contribution in [1.29, 1.82) is 0 Å². The largest absolute Gasteiger partial charge is 0.506 e. The number of ether oxygens (including phenoxy) is 1. The van der Waals surface area contributed by atoms with Gasteiger partial charge >= 0.3 is 5.97 Å². The first-order chi connectivity index (χ1) is 10.2. The molecule has 0 spiro atoms. The number of hydrogen-bond acceptors (Lipinski definition) is 5. The molecular weight excluding hydrogens is 270 g/mol. The number of carbonyl (C=O) groups is 1. The second-order valence-electron chi connectivity index (χ2n) is 4.45. The first kappa shape index (κ1) is 13.0. The molecule has 0 saturated heterocycles.